The van der Waals surface area contributed by atoms with Gasteiger partial charge in [0, 0.05) is 31.2 Å². The summed E-state index contributed by atoms with van der Waals surface area (Å²) in [6, 6.07) is 7.78. The Kier molecular flexibility index (Phi) is 3.34. The monoisotopic (exact) mass is 238 g/mol. The van der Waals surface area contributed by atoms with Crippen LogP contribution in [0.15, 0.2) is 24.3 Å². The van der Waals surface area contributed by atoms with Gasteiger partial charge < -0.3 is 9.80 Å². The van der Waals surface area contributed by atoms with Crippen LogP contribution in [-0.4, -0.2) is 35.5 Å². The Labute approximate surface area is 101 Å². The molecule has 0 atom stereocenters. The molecule has 4 heteroatoms. The van der Waals surface area contributed by atoms with Gasteiger partial charge >= 0.3 is 6.03 Å². The van der Waals surface area contributed by atoms with Crippen molar-refractivity contribution in [1.29, 1.82) is 0 Å². The number of halogens is 1. The van der Waals surface area contributed by atoms with Crippen molar-refractivity contribution in [3.05, 3.63) is 34.9 Å². The fourth-order valence-corrected chi connectivity index (χ4v) is 2.14. The molecule has 0 saturated carbocycles. The highest BCUT2D eigenvalue weighted by atomic mass is 35.5. The van der Waals surface area contributed by atoms with Crippen molar-refractivity contribution in [3.8, 4) is 0 Å². The summed E-state index contributed by atoms with van der Waals surface area (Å²) in [6.45, 7) is 5.07. The average Bonchev–Trinajstić information content (AvgIpc) is 2.60. The lowest BCUT2D eigenvalue weighted by Gasteiger charge is -2.17. The number of carbonyl (C=O) groups excluding carboxylic acids is 1. The number of amides is 2. The summed E-state index contributed by atoms with van der Waals surface area (Å²) >= 11 is 5.91. The highest BCUT2D eigenvalue weighted by molar-refractivity contribution is 6.30. The van der Waals surface area contributed by atoms with Gasteiger partial charge in [-0.25, -0.2) is 4.79 Å². The number of hydrogen-bond acceptors (Lipinski definition) is 1. The van der Waals surface area contributed by atoms with Crippen LogP contribution in [0, 0.1) is 0 Å². The zero-order chi connectivity index (χ0) is 11.5. The lowest BCUT2D eigenvalue weighted by Crippen LogP contribution is -2.31. The molecule has 0 N–H and O–H groups in total. The first-order valence-electron chi connectivity index (χ1n) is 5.49. The molecule has 2 amide bonds. The topological polar surface area (TPSA) is 23.6 Å². The predicted octanol–water partition coefficient (Wildman–Crippen LogP) is 2.60. The highest BCUT2D eigenvalue weighted by Gasteiger charge is 2.26. The molecule has 1 aromatic rings. The van der Waals surface area contributed by atoms with Crippen molar-refractivity contribution in [3.63, 3.8) is 0 Å². The van der Waals surface area contributed by atoms with E-state index in [1.165, 1.54) is 0 Å². The van der Waals surface area contributed by atoms with Crippen LogP contribution in [0.3, 0.4) is 0 Å². The summed E-state index contributed by atoms with van der Waals surface area (Å²) in [6.07, 6.45) is 0. The van der Waals surface area contributed by atoms with Crippen molar-refractivity contribution in [2.75, 3.05) is 19.6 Å². The molecule has 16 heavy (non-hydrogen) atoms. The van der Waals surface area contributed by atoms with Crippen LogP contribution in [0.4, 0.5) is 4.79 Å². The Morgan fingerprint density at radius 3 is 2.69 bits per heavy atom. The minimum absolute atomic E-state index is 0.127. The molecule has 2 rings (SSSR count). The lowest BCUT2D eigenvalue weighted by atomic mass is 10.2. The standard InChI is InChI=1S/C12H15ClN2O/c1-2-14-6-7-15(12(14)16)9-10-4-3-5-11(13)8-10/h3-5,8H,2,6-7,9H2,1H3. The SMILES string of the molecule is CCN1CCN(Cc2cccc(Cl)c2)C1=O. The van der Waals surface area contributed by atoms with Gasteiger partial charge in [-0.15, -0.1) is 0 Å². The minimum atomic E-state index is 0.127. The third-order valence-corrected chi connectivity index (χ3v) is 3.06. The summed E-state index contributed by atoms with van der Waals surface area (Å²) < 4.78 is 0. The summed E-state index contributed by atoms with van der Waals surface area (Å²) in [7, 11) is 0. The highest BCUT2D eigenvalue weighted by Crippen LogP contribution is 2.16. The zero-order valence-corrected chi connectivity index (χ0v) is 10.1. The van der Waals surface area contributed by atoms with E-state index in [0.29, 0.717) is 6.54 Å². The molecule has 1 saturated heterocycles. The van der Waals surface area contributed by atoms with Crippen molar-refractivity contribution < 1.29 is 4.79 Å². The molecule has 1 aliphatic rings. The number of hydrogen-bond donors (Lipinski definition) is 0. The van der Waals surface area contributed by atoms with E-state index in [1.54, 1.807) is 0 Å². The van der Waals surface area contributed by atoms with E-state index in [1.807, 2.05) is 41.0 Å². The van der Waals surface area contributed by atoms with Crippen LogP contribution in [-0.2, 0) is 6.54 Å². The number of rotatable bonds is 3. The van der Waals surface area contributed by atoms with E-state index < -0.39 is 0 Å². The molecular formula is C12H15ClN2O. The molecular weight excluding hydrogens is 224 g/mol. The Morgan fingerprint density at radius 2 is 2.06 bits per heavy atom. The second-order valence-electron chi connectivity index (χ2n) is 3.91. The van der Waals surface area contributed by atoms with Gasteiger partial charge in [-0.3, -0.25) is 0 Å². The quantitative estimate of drug-likeness (QED) is 0.794. The van der Waals surface area contributed by atoms with Crippen molar-refractivity contribution in [2.45, 2.75) is 13.5 Å². The molecule has 0 aliphatic carbocycles. The third kappa shape index (κ3) is 2.30. The number of nitrogens with zero attached hydrogens (tertiary/aromatic N) is 2. The van der Waals surface area contributed by atoms with Crippen molar-refractivity contribution in [1.82, 2.24) is 9.80 Å². The van der Waals surface area contributed by atoms with Gasteiger partial charge in [0.05, 0.1) is 0 Å². The first-order valence-corrected chi connectivity index (χ1v) is 5.87. The third-order valence-electron chi connectivity index (χ3n) is 2.83. The molecule has 1 aliphatic heterocycles. The Morgan fingerprint density at radius 1 is 1.31 bits per heavy atom. The maximum atomic E-state index is 11.8. The summed E-state index contributed by atoms with van der Waals surface area (Å²) in [5.41, 5.74) is 1.08. The Balaban J connectivity index is 2.03. The van der Waals surface area contributed by atoms with Crippen LogP contribution in [0.2, 0.25) is 5.02 Å². The fraction of sp³-hybridized carbons (Fsp3) is 0.417. The van der Waals surface area contributed by atoms with Gasteiger partial charge in [-0.05, 0) is 24.6 Å². The maximum absolute atomic E-state index is 11.8. The number of urea groups is 1. The van der Waals surface area contributed by atoms with E-state index in [2.05, 4.69) is 0 Å². The first-order chi connectivity index (χ1) is 7.70. The number of benzene rings is 1. The summed E-state index contributed by atoms with van der Waals surface area (Å²) in [5.74, 6) is 0. The van der Waals surface area contributed by atoms with Crippen molar-refractivity contribution >= 4 is 17.6 Å². The zero-order valence-electron chi connectivity index (χ0n) is 9.32. The van der Waals surface area contributed by atoms with Crippen LogP contribution < -0.4 is 0 Å². The normalized spacial score (nSPS) is 16.0. The van der Waals surface area contributed by atoms with E-state index in [9.17, 15) is 4.79 Å². The van der Waals surface area contributed by atoms with Crippen LogP contribution >= 0.6 is 11.6 Å². The van der Waals surface area contributed by atoms with Crippen LogP contribution in [0.1, 0.15) is 12.5 Å². The van der Waals surface area contributed by atoms with E-state index in [-0.39, 0.29) is 6.03 Å². The van der Waals surface area contributed by atoms with Gasteiger partial charge in [-0.2, -0.15) is 0 Å². The van der Waals surface area contributed by atoms with Gasteiger partial charge in [-0.1, -0.05) is 23.7 Å². The lowest BCUT2D eigenvalue weighted by molar-refractivity contribution is 0.192. The van der Waals surface area contributed by atoms with Crippen LogP contribution in [0.25, 0.3) is 0 Å². The van der Waals surface area contributed by atoms with Crippen molar-refractivity contribution in [2.24, 2.45) is 0 Å². The predicted molar refractivity (Wildman–Crippen MR) is 64.5 cm³/mol. The minimum Gasteiger partial charge on any atom is -0.323 e. The molecule has 1 heterocycles. The Hall–Kier alpha value is -1.22. The molecule has 3 nitrogen and oxygen atoms in total. The van der Waals surface area contributed by atoms with Gasteiger partial charge in [0.25, 0.3) is 0 Å². The largest absolute Gasteiger partial charge is 0.323 e. The first kappa shape index (κ1) is 11.3. The number of carbonyl (C=O) groups is 1. The van der Waals surface area contributed by atoms with Gasteiger partial charge in [0.2, 0.25) is 0 Å². The molecule has 1 fully saturated rings. The van der Waals surface area contributed by atoms with Crippen LogP contribution in [0.5, 0.6) is 0 Å². The molecule has 86 valence electrons. The molecule has 0 aromatic heterocycles. The van der Waals surface area contributed by atoms with E-state index in [4.69, 9.17) is 11.6 Å². The molecule has 0 radical (unpaired) electrons. The van der Waals surface area contributed by atoms with Gasteiger partial charge in [0.15, 0.2) is 0 Å². The molecule has 1 aromatic carbocycles. The van der Waals surface area contributed by atoms with Gasteiger partial charge in [0.1, 0.15) is 0 Å². The Bertz CT molecular complexity index is 394. The van der Waals surface area contributed by atoms with E-state index in [0.717, 1.165) is 30.2 Å². The second-order valence-corrected chi connectivity index (χ2v) is 4.35. The summed E-state index contributed by atoms with van der Waals surface area (Å²) in [5, 5.41) is 0.719. The second kappa shape index (κ2) is 4.74. The van der Waals surface area contributed by atoms with E-state index >= 15 is 0 Å². The summed E-state index contributed by atoms with van der Waals surface area (Å²) in [4.78, 5) is 15.6. The smallest absolute Gasteiger partial charge is 0.320 e. The maximum Gasteiger partial charge on any atom is 0.320 e. The number of likely N-dealkylation sites (N-methyl/N-ethyl adjacent to an activating group) is 1. The molecule has 0 bridgehead atoms. The fourth-order valence-electron chi connectivity index (χ4n) is 1.93. The molecule has 0 spiro atoms. The average molecular weight is 239 g/mol. The molecule has 0 unspecified atom stereocenters.